The predicted octanol–water partition coefficient (Wildman–Crippen LogP) is 3.32. The molecule has 4 heteroatoms. The lowest BCUT2D eigenvalue weighted by atomic mass is 9.69. The second-order valence-corrected chi connectivity index (χ2v) is 6.25. The van der Waals surface area contributed by atoms with Crippen LogP contribution in [0.5, 0.6) is 0 Å². The quantitative estimate of drug-likeness (QED) is 0.834. The maximum absolute atomic E-state index is 13.8. The molecule has 1 aliphatic rings. The molecule has 0 radical (unpaired) electrons. The highest BCUT2D eigenvalue weighted by molar-refractivity contribution is 7.99. The van der Waals surface area contributed by atoms with E-state index in [-0.39, 0.29) is 5.56 Å². The lowest BCUT2D eigenvalue weighted by Crippen LogP contribution is -2.47. The Hall–Kier alpha value is -0.610. The minimum atomic E-state index is -1.30. The second kappa shape index (κ2) is 4.25. The Labute approximate surface area is 104 Å². The Morgan fingerprint density at radius 3 is 2.65 bits per heavy atom. The van der Waals surface area contributed by atoms with E-state index in [9.17, 15) is 13.9 Å². The number of hydrogen-bond donors (Lipinski definition) is 1. The zero-order valence-electron chi connectivity index (χ0n) is 9.96. The van der Waals surface area contributed by atoms with E-state index in [0.717, 1.165) is 18.2 Å². The van der Waals surface area contributed by atoms with Crippen molar-refractivity contribution in [3.63, 3.8) is 0 Å². The minimum Gasteiger partial charge on any atom is -0.384 e. The van der Waals surface area contributed by atoms with Crippen molar-refractivity contribution < 1.29 is 13.9 Å². The SMILES string of the molecule is CC1(C)CCSCC1(O)c1cccc(F)c1F. The van der Waals surface area contributed by atoms with Crippen molar-refractivity contribution in [1.82, 2.24) is 0 Å². The summed E-state index contributed by atoms with van der Waals surface area (Å²) in [7, 11) is 0. The molecule has 1 heterocycles. The zero-order chi connectivity index (χ0) is 12.7. The number of rotatable bonds is 1. The van der Waals surface area contributed by atoms with Crippen LogP contribution in [-0.2, 0) is 5.60 Å². The Kier molecular flexibility index (Phi) is 3.21. The molecule has 1 nitrogen and oxygen atoms in total. The van der Waals surface area contributed by atoms with Gasteiger partial charge in [0.2, 0.25) is 0 Å². The van der Waals surface area contributed by atoms with Crippen molar-refractivity contribution in [1.29, 1.82) is 0 Å². The average molecular weight is 258 g/mol. The molecular formula is C13H16F2OS. The second-order valence-electron chi connectivity index (χ2n) is 5.15. The molecule has 1 saturated heterocycles. The Morgan fingerprint density at radius 1 is 1.29 bits per heavy atom. The summed E-state index contributed by atoms with van der Waals surface area (Å²) in [6.45, 7) is 3.80. The summed E-state index contributed by atoms with van der Waals surface area (Å²) >= 11 is 1.57. The molecule has 1 aromatic rings. The lowest BCUT2D eigenvalue weighted by molar-refractivity contribution is -0.0608. The van der Waals surface area contributed by atoms with Crippen LogP contribution in [0.15, 0.2) is 18.2 Å². The van der Waals surface area contributed by atoms with Crippen molar-refractivity contribution in [2.75, 3.05) is 11.5 Å². The molecule has 1 aliphatic heterocycles. The van der Waals surface area contributed by atoms with Gasteiger partial charge in [0.05, 0.1) is 0 Å². The van der Waals surface area contributed by atoms with Crippen LogP contribution in [0.3, 0.4) is 0 Å². The Morgan fingerprint density at radius 2 is 2.00 bits per heavy atom. The van der Waals surface area contributed by atoms with Crippen molar-refractivity contribution >= 4 is 11.8 Å². The third-order valence-electron chi connectivity index (χ3n) is 3.70. The van der Waals surface area contributed by atoms with Gasteiger partial charge >= 0.3 is 0 Å². The van der Waals surface area contributed by atoms with Crippen molar-refractivity contribution in [2.24, 2.45) is 5.41 Å². The highest BCUT2D eigenvalue weighted by atomic mass is 32.2. The van der Waals surface area contributed by atoms with E-state index < -0.39 is 22.7 Å². The summed E-state index contributed by atoms with van der Waals surface area (Å²) in [6.07, 6.45) is 0.782. The minimum absolute atomic E-state index is 0.0784. The van der Waals surface area contributed by atoms with Gasteiger partial charge < -0.3 is 5.11 Å². The van der Waals surface area contributed by atoms with Gasteiger partial charge in [0.15, 0.2) is 11.6 Å². The van der Waals surface area contributed by atoms with Crippen LogP contribution in [0.25, 0.3) is 0 Å². The molecule has 1 unspecified atom stereocenters. The molecule has 94 valence electrons. The Balaban J connectivity index is 2.53. The van der Waals surface area contributed by atoms with Gasteiger partial charge in [-0.05, 0) is 23.7 Å². The highest BCUT2D eigenvalue weighted by Crippen LogP contribution is 2.49. The molecule has 0 amide bonds. The normalized spacial score (nSPS) is 28.1. The van der Waals surface area contributed by atoms with Gasteiger partial charge in [0.1, 0.15) is 5.60 Å². The van der Waals surface area contributed by atoms with E-state index in [1.165, 1.54) is 12.1 Å². The molecule has 1 atom stereocenters. The molecule has 1 N–H and O–H groups in total. The van der Waals surface area contributed by atoms with E-state index in [4.69, 9.17) is 0 Å². The predicted molar refractivity (Wildman–Crippen MR) is 66.0 cm³/mol. The van der Waals surface area contributed by atoms with Gasteiger partial charge in [-0.1, -0.05) is 26.0 Å². The molecule has 0 spiro atoms. The number of aliphatic hydroxyl groups is 1. The highest BCUT2D eigenvalue weighted by Gasteiger charge is 2.48. The van der Waals surface area contributed by atoms with Crippen molar-refractivity contribution in [3.05, 3.63) is 35.4 Å². The van der Waals surface area contributed by atoms with Gasteiger partial charge in [-0.15, -0.1) is 0 Å². The maximum Gasteiger partial charge on any atom is 0.164 e. The molecular weight excluding hydrogens is 242 g/mol. The summed E-state index contributed by atoms with van der Waals surface area (Å²) < 4.78 is 27.1. The summed E-state index contributed by atoms with van der Waals surface area (Å²) in [5, 5.41) is 10.7. The van der Waals surface area contributed by atoms with E-state index in [2.05, 4.69) is 0 Å². The number of benzene rings is 1. The summed E-state index contributed by atoms with van der Waals surface area (Å²) in [5.41, 5.74) is -1.68. The van der Waals surface area contributed by atoms with Gasteiger partial charge in [-0.3, -0.25) is 0 Å². The molecule has 0 aliphatic carbocycles. The molecule has 0 bridgehead atoms. The molecule has 1 fully saturated rings. The molecule has 0 aromatic heterocycles. The fourth-order valence-electron chi connectivity index (χ4n) is 2.21. The van der Waals surface area contributed by atoms with E-state index in [1.54, 1.807) is 11.8 Å². The largest absolute Gasteiger partial charge is 0.384 e. The van der Waals surface area contributed by atoms with Gasteiger partial charge in [0, 0.05) is 11.3 Å². The third-order valence-corrected chi connectivity index (χ3v) is 4.81. The third kappa shape index (κ3) is 1.97. The summed E-state index contributed by atoms with van der Waals surface area (Å²) in [5.74, 6) is -0.486. The van der Waals surface area contributed by atoms with Gasteiger partial charge in [-0.25, -0.2) is 8.78 Å². The summed E-state index contributed by atoms with van der Waals surface area (Å²) in [6, 6.07) is 4.00. The van der Waals surface area contributed by atoms with Crippen LogP contribution >= 0.6 is 11.8 Å². The van der Waals surface area contributed by atoms with E-state index in [0.29, 0.717) is 5.75 Å². The Bertz CT molecular complexity index is 433. The van der Waals surface area contributed by atoms with Crippen LogP contribution < -0.4 is 0 Å². The van der Waals surface area contributed by atoms with E-state index in [1.807, 2.05) is 13.8 Å². The molecule has 2 rings (SSSR count). The van der Waals surface area contributed by atoms with Crippen LogP contribution in [0.2, 0.25) is 0 Å². The monoisotopic (exact) mass is 258 g/mol. The van der Waals surface area contributed by atoms with Gasteiger partial charge in [-0.2, -0.15) is 11.8 Å². The fraction of sp³-hybridized carbons (Fsp3) is 0.538. The van der Waals surface area contributed by atoms with Crippen LogP contribution in [0.1, 0.15) is 25.8 Å². The fourth-order valence-corrected chi connectivity index (χ4v) is 3.86. The number of halogens is 2. The number of hydrogen-bond acceptors (Lipinski definition) is 2. The maximum atomic E-state index is 13.8. The average Bonchev–Trinajstić information content (AvgIpc) is 2.26. The zero-order valence-corrected chi connectivity index (χ0v) is 10.8. The lowest BCUT2D eigenvalue weighted by Gasteiger charge is -2.46. The summed E-state index contributed by atoms with van der Waals surface area (Å²) in [4.78, 5) is 0. The van der Waals surface area contributed by atoms with Crippen LogP contribution in [0, 0.1) is 17.0 Å². The molecule has 1 aromatic carbocycles. The van der Waals surface area contributed by atoms with Gasteiger partial charge in [0.25, 0.3) is 0 Å². The topological polar surface area (TPSA) is 20.2 Å². The van der Waals surface area contributed by atoms with Crippen LogP contribution in [0.4, 0.5) is 8.78 Å². The van der Waals surface area contributed by atoms with E-state index >= 15 is 0 Å². The first-order chi connectivity index (χ1) is 7.88. The van der Waals surface area contributed by atoms with Crippen LogP contribution in [-0.4, -0.2) is 16.6 Å². The smallest absolute Gasteiger partial charge is 0.164 e. The standard InChI is InChI=1S/C13H16F2OS/c1-12(2)6-7-17-8-13(12,16)9-4-3-5-10(14)11(9)15/h3-5,16H,6-8H2,1-2H3. The first kappa shape index (κ1) is 12.8. The first-order valence-corrected chi connectivity index (χ1v) is 6.78. The number of thioether (sulfide) groups is 1. The first-order valence-electron chi connectivity index (χ1n) is 5.63. The molecule has 17 heavy (non-hydrogen) atoms. The molecule has 0 saturated carbocycles. The van der Waals surface area contributed by atoms with Crippen molar-refractivity contribution in [3.8, 4) is 0 Å². The van der Waals surface area contributed by atoms with Crippen molar-refractivity contribution in [2.45, 2.75) is 25.9 Å².